The zero-order valence-corrected chi connectivity index (χ0v) is 23.8. The summed E-state index contributed by atoms with van der Waals surface area (Å²) in [6.45, 7) is 4.48. The van der Waals surface area contributed by atoms with Crippen molar-refractivity contribution >= 4 is 44.7 Å². The number of nitrogens with one attached hydrogen (secondary N) is 1. The number of hydrogen-bond donors (Lipinski definition) is 4. The van der Waals surface area contributed by atoms with Crippen LogP contribution in [0.2, 0.25) is 0 Å². The highest BCUT2D eigenvalue weighted by Crippen LogP contribution is 2.49. The van der Waals surface area contributed by atoms with E-state index in [2.05, 4.69) is 16.9 Å². The quantitative estimate of drug-likeness (QED) is 0.193. The summed E-state index contributed by atoms with van der Waals surface area (Å²) >= 11 is 1.15. The number of piperidine rings is 1. The van der Waals surface area contributed by atoms with Gasteiger partial charge in [-0.05, 0) is 54.8 Å². The van der Waals surface area contributed by atoms with Crippen molar-refractivity contribution in [3.8, 4) is 11.5 Å². The van der Waals surface area contributed by atoms with Crippen molar-refractivity contribution in [3.63, 3.8) is 0 Å². The maximum Gasteiger partial charge on any atom is 0.262 e. The minimum Gasteiger partial charge on any atom is -0.453 e. The van der Waals surface area contributed by atoms with Crippen molar-refractivity contribution in [3.05, 3.63) is 94.9 Å². The average Bonchev–Trinajstić information content (AvgIpc) is 3.43. The Morgan fingerprint density at radius 3 is 2.72 bits per heavy atom. The van der Waals surface area contributed by atoms with Gasteiger partial charge in [0, 0.05) is 35.8 Å². The Bertz CT molecular complexity index is 1790. The molecule has 1 aliphatic heterocycles. The summed E-state index contributed by atoms with van der Waals surface area (Å²) in [4.78, 5) is 46.1. The van der Waals surface area contributed by atoms with E-state index in [9.17, 15) is 18.8 Å². The van der Waals surface area contributed by atoms with Crippen LogP contribution in [0.3, 0.4) is 0 Å². The van der Waals surface area contributed by atoms with Crippen LogP contribution in [0, 0.1) is 5.82 Å². The van der Waals surface area contributed by atoms with Gasteiger partial charge in [-0.2, -0.15) is 0 Å². The lowest BCUT2D eigenvalue weighted by Crippen LogP contribution is -2.53. The Morgan fingerprint density at radius 2 is 2.00 bits per heavy atom. The van der Waals surface area contributed by atoms with E-state index in [-0.39, 0.29) is 34.0 Å². The number of benzene rings is 2. The third-order valence-corrected chi connectivity index (χ3v) is 9.22. The van der Waals surface area contributed by atoms with Crippen molar-refractivity contribution in [2.24, 2.45) is 11.5 Å². The predicted molar refractivity (Wildman–Crippen MR) is 161 cm³/mol. The van der Waals surface area contributed by atoms with Gasteiger partial charge in [0.25, 0.3) is 5.91 Å². The number of para-hydroxylation sites is 1. The Morgan fingerprint density at radius 1 is 1.21 bits per heavy atom. The number of Topliss-reactive ketones (excluding diaryl/α,β-unsaturated/α-hetero) is 1. The lowest BCUT2D eigenvalue weighted by molar-refractivity contribution is -0.127. The summed E-state index contributed by atoms with van der Waals surface area (Å²) < 4.78 is 20.3. The van der Waals surface area contributed by atoms with Gasteiger partial charge in [0.15, 0.2) is 17.3 Å². The number of rotatable bonds is 6. The Labute approximate surface area is 250 Å². The van der Waals surface area contributed by atoms with Crippen LogP contribution in [0.1, 0.15) is 45.4 Å². The molecule has 2 aliphatic rings. The second-order valence-electron chi connectivity index (χ2n) is 10.6. The molecule has 10 nitrogen and oxygen atoms in total. The summed E-state index contributed by atoms with van der Waals surface area (Å²) in [5, 5.41) is 3.56. The molecule has 0 saturated carbocycles. The van der Waals surface area contributed by atoms with Gasteiger partial charge in [-0.25, -0.2) is 4.39 Å². The lowest BCUT2D eigenvalue weighted by atomic mass is 9.72. The molecule has 43 heavy (non-hydrogen) atoms. The van der Waals surface area contributed by atoms with Crippen molar-refractivity contribution < 1.29 is 23.5 Å². The van der Waals surface area contributed by atoms with Crippen LogP contribution >= 0.6 is 11.3 Å². The topological polar surface area (TPSA) is 167 Å². The third-order valence-electron chi connectivity index (χ3n) is 7.97. The van der Waals surface area contributed by atoms with Gasteiger partial charge in [0.05, 0.1) is 27.5 Å². The maximum atomic E-state index is 14.1. The average molecular weight is 601 g/mol. The van der Waals surface area contributed by atoms with E-state index in [0.717, 1.165) is 17.8 Å². The number of halogens is 1. The van der Waals surface area contributed by atoms with Gasteiger partial charge in [-0.1, -0.05) is 24.8 Å². The van der Waals surface area contributed by atoms with Gasteiger partial charge in [-0.3, -0.25) is 19.4 Å². The van der Waals surface area contributed by atoms with E-state index in [0.29, 0.717) is 46.4 Å². The number of nitrogen functional groups attached to an aromatic ring is 1. The standard InChI is InChI=1S/C31H29FN6O4S/c1-2-23(39)38-13-5-6-16(15-38)37-30(41)28-25-24-18(10-11-20(33)27(24)43-28)31(35,29(40)26(25)34)22-12-9-17(14-36-22)42-21-8-4-3-7-19(21)32/h2-4,7-12,14,16,26H,1,5-6,13,15,33-35H2,(H,37,41). The second kappa shape index (κ2) is 10.9. The molecule has 2 amide bonds. The van der Waals surface area contributed by atoms with E-state index in [1.807, 2.05) is 0 Å². The fraction of sp³-hybridized carbons (Fsp3) is 0.226. The molecule has 3 atom stereocenters. The number of pyridine rings is 1. The normalized spacial score (nSPS) is 21.5. The zero-order valence-electron chi connectivity index (χ0n) is 23.0. The first kappa shape index (κ1) is 28.5. The highest BCUT2D eigenvalue weighted by Gasteiger charge is 2.49. The zero-order chi connectivity index (χ0) is 30.5. The summed E-state index contributed by atoms with van der Waals surface area (Å²) in [5.41, 5.74) is 19.4. The number of thiophene rings is 1. The number of carbonyl (C=O) groups is 3. The first-order valence-corrected chi connectivity index (χ1v) is 14.5. The number of nitrogens with two attached hydrogens (primary N) is 3. The molecule has 3 heterocycles. The minimum atomic E-state index is -1.75. The molecule has 4 aromatic rings. The molecule has 2 aromatic carbocycles. The van der Waals surface area contributed by atoms with Crippen LogP contribution in [-0.4, -0.2) is 46.6 Å². The fourth-order valence-electron chi connectivity index (χ4n) is 5.82. The van der Waals surface area contributed by atoms with Crippen molar-refractivity contribution in [2.45, 2.75) is 30.5 Å². The van der Waals surface area contributed by atoms with Crippen molar-refractivity contribution in [1.82, 2.24) is 15.2 Å². The number of aromatic nitrogens is 1. The number of nitrogens with zero attached hydrogens (tertiary/aromatic N) is 2. The van der Waals surface area contributed by atoms with E-state index in [4.69, 9.17) is 21.9 Å². The Hall–Kier alpha value is -4.65. The van der Waals surface area contributed by atoms with E-state index in [1.54, 1.807) is 35.2 Å². The SMILES string of the molecule is C=CC(=O)N1CCCC(NC(=O)c2sc3c(N)ccc4c3c2C(N)C(=O)C4(N)c2ccc(Oc3ccccc3F)cn2)C1. The van der Waals surface area contributed by atoms with Gasteiger partial charge >= 0.3 is 0 Å². The molecule has 1 aliphatic carbocycles. The van der Waals surface area contributed by atoms with Crippen LogP contribution in [0.25, 0.3) is 10.1 Å². The molecular formula is C31H29FN6O4S. The molecule has 1 fully saturated rings. The molecule has 0 spiro atoms. The number of anilines is 1. The summed E-state index contributed by atoms with van der Waals surface area (Å²) in [6, 6.07) is 10.8. The monoisotopic (exact) mass is 600 g/mol. The Kier molecular flexibility index (Phi) is 7.20. The highest BCUT2D eigenvalue weighted by atomic mass is 32.1. The highest BCUT2D eigenvalue weighted by molar-refractivity contribution is 7.21. The molecule has 12 heteroatoms. The Balaban J connectivity index is 1.36. The number of carbonyl (C=O) groups excluding carboxylic acids is 3. The summed E-state index contributed by atoms with van der Waals surface area (Å²) in [7, 11) is 0. The van der Waals surface area contributed by atoms with E-state index in [1.165, 1.54) is 30.5 Å². The molecule has 6 rings (SSSR count). The van der Waals surface area contributed by atoms with E-state index < -0.39 is 29.1 Å². The van der Waals surface area contributed by atoms with Crippen LogP contribution < -0.4 is 27.3 Å². The number of likely N-dealkylation sites (tertiary alicyclic amines) is 1. The van der Waals surface area contributed by atoms with Gasteiger partial charge in [0.1, 0.15) is 11.3 Å². The van der Waals surface area contributed by atoms with Gasteiger partial charge in [-0.15, -0.1) is 11.3 Å². The van der Waals surface area contributed by atoms with Crippen LogP contribution in [0.5, 0.6) is 11.5 Å². The molecule has 0 radical (unpaired) electrons. The van der Waals surface area contributed by atoms with Crippen LogP contribution in [0.4, 0.5) is 10.1 Å². The molecule has 3 unspecified atom stereocenters. The number of hydrogen-bond acceptors (Lipinski definition) is 9. The number of ether oxygens (including phenoxy) is 1. The van der Waals surface area contributed by atoms with E-state index >= 15 is 0 Å². The van der Waals surface area contributed by atoms with Crippen molar-refractivity contribution in [2.75, 3.05) is 18.8 Å². The number of amides is 2. The van der Waals surface area contributed by atoms with Crippen LogP contribution in [0.15, 0.2) is 67.4 Å². The first-order valence-electron chi connectivity index (χ1n) is 13.7. The second-order valence-corrected chi connectivity index (χ2v) is 11.6. The van der Waals surface area contributed by atoms with Crippen molar-refractivity contribution in [1.29, 1.82) is 0 Å². The summed E-state index contributed by atoms with van der Waals surface area (Å²) in [6.07, 6.45) is 4.04. The molecule has 1 saturated heterocycles. The fourth-order valence-corrected chi connectivity index (χ4v) is 7.02. The lowest BCUT2D eigenvalue weighted by Gasteiger charge is -2.36. The molecular weight excluding hydrogens is 571 g/mol. The molecule has 7 N–H and O–H groups in total. The molecule has 220 valence electrons. The smallest absolute Gasteiger partial charge is 0.262 e. The largest absolute Gasteiger partial charge is 0.453 e. The van der Waals surface area contributed by atoms with Gasteiger partial charge < -0.3 is 32.2 Å². The molecule has 2 aromatic heterocycles. The predicted octanol–water partition coefficient (Wildman–Crippen LogP) is 3.50. The van der Waals surface area contributed by atoms with Gasteiger partial charge in [0.2, 0.25) is 5.91 Å². The third kappa shape index (κ3) is 4.73. The minimum absolute atomic E-state index is 0.0254. The first-order chi connectivity index (χ1) is 20.6. The van der Waals surface area contributed by atoms with Crippen LogP contribution in [-0.2, 0) is 15.1 Å². The summed E-state index contributed by atoms with van der Waals surface area (Å²) in [5.74, 6) is -1.40. The maximum absolute atomic E-state index is 14.1. The molecule has 0 bridgehead atoms. The number of ketones is 1.